The summed E-state index contributed by atoms with van der Waals surface area (Å²) in [5, 5.41) is 1.19. The zero-order valence-electron chi connectivity index (χ0n) is 9.18. The average molecular weight is 356 g/mol. The first-order chi connectivity index (χ1) is 8.06. The van der Waals surface area contributed by atoms with Crippen LogP contribution in [0.4, 0.5) is 0 Å². The Morgan fingerprint density at radius 3 is 2.53 bits per heavy atom. The maximum absolute atomic E-state index is 6.10. The van der Waals surface area contributed by atoms with E-state index in [0.29, 0.717) is 22.4 Å². The van der Waals surface area contributed by atoms with Crippen LogP contribution in [0.5, 0.6) is 5.75 Å². The molecule has 0 unspecified atom stereocenters. The van der Waals surface area contributed by atoms with Crippen molar-refractivity contribution in [3.63, 3.8) is 0 Å². The fourth-order valence-corrected chi connectivity index (χ4v) is 3.13. The van der Waals surface area contributed by atoms with E-state index in [0.717, 1.165) is 10.2 Å². The molecule has 17 heavy (non-hydrogen) atoms. The Morgan fingerprint density at radius 2 is 2.00 bits per heavy atom. The number of benzene rings is 1. The molecule has 0 radical (unpaired) electrons. The fraction of sp³-hybridized carbons (Fsp3) is 0.500. The molecule has 1 nitrogen and oxygen atoms in total. The molecule has 1 aromatic rings. The molecule has 1 aliphatic rings. The van der Waals surface area contributed by atoms with Gasteiger partial charge in [0.2, 0.25) is 0 Å². The van der Waals surface area contributed by atoms with Crippen molar-refractivity contribution in [2.75, 3.05) is 12.4 Å². The predicted octanol–water partition coefficient (Wildman–Crippen LogP) is 5.23. The third kappa shape index (κ3) is 3.06. The third-order valence-electron chi connectivity index (χ3n) is 3.26. The third-order valence-corrected chi connectivity index (χ3v) is 5.42. The minimum Gasteiger partial charge on any atom is -0.491 e. The van der Waals surface area contributed by atoms with Gasteiger partial charge in [0, 0.05) is 16.0 Å². The maximum Gasteiger partial charge on any atom is 0.139 e. The van der Waals surface area contributed by atoms with E-state index >= 15 is 0 Å². The molecule has 0 aliphatic heterocycles. The molecule has 1 aromatic carbocycles. The molecule has 0 bridgehead atoms. The van der Waals surface area contributed by atoms with Crippen molar-refractivity contribution in [3.05, 3.63) is 26.7 Å². The van der Waals surface area contributed by atoms with Crippen molar-refractivity contribution < 1.29 is 4.74 Å². The summed E-state index contributed by atoms with van der Waals surface area (Å²) in [6.07, 6.45) is 3.62. The van der Waals surface area contributed by atoms with Gasteiger partial charge in [-0.3, -0.25) is 0 Å². The van der Waals surface area contributed by atoms with E-state index in [1.54, 1.807) is 12.1 Å². The highest BCUT2D eigenvalue weighted by Crippen LogP contribution is 2.43. The van der Waals surface area contributed by atoms with Crippen molar-refractivity contribution in [1.82, 2.24) is 0 Å². The molecule has 0 aromatic heterocycles. The average Bonchev–Trinajstić information content (AvgIpc) is 2.24. The molecule has 1 saturated carbocycles. The molecule has 0 amide bonds. The van der Waals surface area contributed by atoms with Crippen LogP contribution in [0.25, 0.3) is 0 Å². The lowest BCUT2D eigenvalue weighted by Gasteiger charge is -2.40. The van der Waals surface area contributed by atoms with E-state index in [4.69, 9.17) is 27.9 Å². The lowest BCUT2D eigenvalue weighted by molar-refractivity contribution is 0.0830. The van der Waals surface area contributed by atoms with Gasteiger partial charge in [-0.1, -0.05) is 29.6 Å². The number of halogens is 3. The number of rotatable bonds is 4. The van der Waals surface area contributed by atoms with Crippen LogP contribution >= 0.6 is 51.8 Å². The Labute approximate surface area is 125 Å². The van der Waals surface area contributed by atoms with Gasteiger partial charge in [-0.25, -0.2) is 0 Å². The summed E-state index contributed by atoms with van der Waals surface area (Å²) in [6, 6.07) is 3.51. The van der Waals surface area contributed by atoms with Crippen LogP contribution in [-0.2, 0) is 0 Å². The van der Waals surface area contributed by atoms with Crippen LogP contribution in [-0.4, -0.2) is 12.4 Å². The SMILES string of the molecule is SCC1(COc2cc(Cl)c(Br)cc2Cl)CCC1. The van der Waals surface area contributed by atoms with E-state index in [1.165, 1.54) is 19.3 Å². The second-order valence-corrected chi connectivity index (χ2v) is 6.48. The smallest absolute Gasteiger partial charge is 0.139 e. The summed E-state index contributed by atoms with van der Waals surface area (Å²) < 4.78 is 6.57. The van der Waals surface area contributed by atoms with Crippen LogP contribution in [0.15, 0.2) is 16.6 Å². The van der Waals surface area contributed by atoms with Gasteiger partial charge < -0.3 is 4.74 Å². The van der Waals surface area contributed by atoms with Gasteiger partial charge in [0.15, 0.2) is 0 Å². The van der Waals surface area contributed by atoms with Crippen LogP contribution in [0, 0.1) is 5.41 Å². The quantitative estimate of drug-likeness (QED) is 0.574. The summed E-state index contributed by atoms with van der Waals surface area (Å²) in [5.74, 6) is 1.50. The van der Waals surface area contributed by atoms with Crippen molar-refractivity contribution >= 4 is 51.8 Å². The first-order valence-electron chi connectivity index (χ1n) is 5.44. The Bertz CT molecular complexity index is 416. The molecule has 1 fully saturated rings. The minimum absolute atomic E-state index is 0.228. The zero-order valence-corrected chi connectivity index (χ0v) is 13.2. The number of thiol groups is 1. The normalized spacial score (nSPS) is 17.6. The molecule has 0 atom stereocenters. The maximum atomic E-state index is 6.10. The van der Waals surface area contributed by atoms with Gasteiger partial charge in [0.25, 0.3) is 0 Å². The molecule has 0 spiro atoms. The fourth-order valence-electron chi connectivity index (χ4n) is 1.87. The largest absolute Gasteiger partial charge is 0.491 e. The van der Waals surface area contributed by atoms with Gasteiger partial charge in [0.05, 0.1) is 16.7 Å². The van der Waals surface area contributed by atoms with Gasteiger partial charge in [-0.05, 0) is 40.6 Å². The minimum atomic E-state index is 0.228. The molecule has 0 N–H and O–H groups in total. The van der Waals surface area contributed by atoms with E-state index in [2.05, 4.69) is 28.6 Å². The highest BCUT2D eigenvalue weighted by molar-refractivity contribution is 9.10. The summed E-state index contributed by atoms with van der Waals surface area (Å²) in [5.41, 5.74) is 0.228. The van der Waals surface area contributed by atoms with Gasteiger partial charge in [-0.2, -0.15) is 12.6 Å². The Balaban J connectivity index is 2.06. The van der Waals surface area contributed by atoms with Crippen LogP contribution in [0.1, 0.15) is 19.3 Å². The van der Waals surface area contributed by atoms with E-state index in [9.17, 15) is 0 Å². The summed E-state index contributed by atoms with van der Waals surface area (Å²) >= 11 is 19.8. The Morgan fingerprint density at radius 1 is 1.29 bits per heavy atom. The molecule has 0 saturated heterocycles. The van der Waals surface area contributed by atoms with Crippen LogP contribution < -0.4 is 4.74 Å². The highest BCUT2D eigenvalue weighted by Gasteiger charge is 2.36. The van der Waals surface area contributed by atoms with Crippen LogP contribution in [0.2, 0.25) is 10.0 Å². The molecule has 2 rings (SSSR count). The standard InChI is InChI=1S/C12H13BrCl2OS/c13-8-4-10(15)11(5-9(8)14)16-6-12(7-17)2-1-3-12/h4-5,17H,1-3,6-7H2. The van der Waals surface area contributed by atoms with Gasteiger partial charge in [0.1, 0.15) is 5.75 Å². The van der Waals surface area contributed by atoms with Gasteiger partial charge in [-0.15, -0.1) is 0 Å². The summed E-state index contributed by atoms with van der Waals surface area (Å²) in [4.78, 5) is 0. The number of ether oxygens (including phenoxy) is 1. The lowest BCUT2D eigenvalue weighted by atomic mass is 9.71. The number of hydrogen-bond donors (Lipinski definition) is 1. The second-order valence-electron chi connectivity index (χ2n) is 4.50. The van der Waals surface area contributed by atoms with Crippen molar-refractivity contribution in [2.24, 2.45) is 5.41 Å². The first kappa shape index (κ1) is 13.9. The molecule has 1 aliphatic carbocycles. The Hall–Kier alpha value is 0.430. The monoisotopic (exact) mass is 354 g/mol. The highest BCUT2D eigenvalue weighted by atomic mass is 79.9. The first-order valence-corrected chi connectivity index (χ1v) is 7.63. The van der Waals surface area contributed by atoms with Crippen molar-refractivity contribution in [3.8, 4) is 5.75 Å². The molecular formula is C12H13BrCl2OS. The van der Waals surface area contributed by atoms with Crippen LogP contribution in [0.3, 0.4) is 0 Å². The molecule has 5 heteroatoms. The van der Waals surface area contributed by atoms with E-state index in [1.807, 2.05) is 0 Å². The summed E-state index contributed by atoms with van der Waals surface area (Å²) in [6.45, 7) is 0.661. The van der Waals surface area contributed by atoms with Crippen molar-refractivity contribution in [2.45, 2.75) is 19.3 Å². The molecular weight excluding hydrogens is 343 g/mol. The summed E-state index contributed by atoms with van der Waals surface area (Å²) in [7, 11) is 0. The predicted molar refractivity (Wildman–Crippen MR) is 79.8 cm³/mol. The topological polar surface area (TPSA) is 9.23 Å². The van der Waals surface area contributed by atoms with E-state index in [-0.39, 0.29) is 5.41 Å². The second kappa shape index (κ2) is 5.60. The van der Waals surface area contributed by atoms with Gasteiger partial charge >= 0.3 is 0 Å². The Kier molecular flexibility index (Phi) is 4.56. The lowest BCUT2D eigenvalue weighted by Crippen LogP contribution is -2.37. The number of hydrogen-bond acceptors (Lipinski definition) is 2. The molecule has 94 valence electrons. The van der Waals surface area contributed by atoms with Crippen molar-refractivity contribution in [1.29, 1.82) is 0 Å². The molecule has 0 heterocycles. The zero-order chi connectivity index (χ0) is 12.5. The van der Waals surface area contributed by atoms with E-state index < -0.39 is 0 Å².